The molecular weight excluding hydrogens is 268 g/mol. The van der Waals surface area contributed by atoms with Crippen LogP contribution < -0.4 is 10.5 Å². The highest BCUT2D eigenvalue weighted by atomic mass is 16.5. The second kappa shape index (κ2) is 5.28. The highest BCUT2D eigenvalue weighted by Crippen LogP contribution is 2.35. The lowest BCUT2D eigenvalue weighted by Crippen LogP contribution is -1.98. The van der Waals surface area contributed by atoms with Gasteiger partial charge in [0.2, 0.25) is 0 Å². The minimum Gasteiger partial charge on any atom is -0.494 e. The van der Waals surface area contributed by atoms with Crippen LogP contribution in [-0.2, 0) is 7.05 Å². The average molecular weight is 284 g/mol. The SMILES string of the molecule is CCOc1ccc(-c2c(-c3cn[nH]n3)nn(C)c2N)cc1. The molecule has 0 saturated carbocycles. The first-order valence-electron chi connectivity index (χ1n) is 6.62. The predicted octanol–water partition coefficient (Wildman–Crippen LogP) is 1.85. The van der Waals surface area contributed by atoms with Crippen molar-refractivity contribution >= 4 is 5.82 Å². The van der Waals surface area contributed by atoms with Gasteiger partial charge in [-0.05, 0) is 24.6 Å². The highest BCUT2D eigenvalue weighted by molar-refractivity contribution is 5.86. The Hall–Kier alpha value is -2.83. The molecular formula is C14H16N6O. The van der Waals surface area contributed by atoms with Crippen molar-refractivity contribution in [3.8, 4) is 28.3 Å². The number of ether oxygens (including phenoxy) is 1. The summed E-state index contributed by atoms with van der Waals surface area (Å²) in [7, 11) is 1.80. The van der Waals surface area contributed by atoms with E-state index in [1.165, 1.54) is 0 Å². The fourth-order valence-corrected chi connectivity index (χ4v) is 2.20. The zero-order valence-electron chi connectivity index (χ0n) is 11.9. The van der Waals surface area contributed by atoms with Crippen LogP contribution in [-0.4, -0.2) is 31.8 Å². The first-order chi connectivity index (χ1) is 10.2. The second-order valence-electron chi connectivity index (χ2n) is 4.55. The van der Waals surface area contributed by atoms with E-state index in [0.717, 1.165) is 16.9 Å². The van der Waals surface area contributed by atoms with Crippen molar-refractivity contribution in [2.75, 3.05) is 12.3 Å². The monoisotopic (exact) mass is 284 g/mol. The maximum Gasteiger partial charge on any atom is 0.133 e. The van der Waals surface area contributed by atoms with Crippen LogP contribution in [0, 0.1) is 0 Å². The molecule has 2 aromatic heterocycles. The molecule has 2 heterocycles. The van der Waals surface area contributed by atoms with Crippen molar-refractivity contribution in [2.45, 2.75) is 6.92 Å². The van der Waals surface area contributed by atoms with Gasteiger partial charge in [0.25, 0.3) is 0 Å². The summed E-state index contributed by atoms with van der Waals surface area (Å²) in [5.41, 5.74) is 9.31. The number of hydrogen-bond donors (Lipinski definition) is 2. The van der Waals surface area contributed by atoms with Crippen LogP contribution in [0.4, 0.5) is 5.82 Å². The van der Waals surface area contributed by atoms with E-state index in [1.54, 1.807) is 17.9 Å². The van der Waals surface area contributed by atoms with Gasteiger partial charge in [-0.3, -0.25) is 4.68 Å². The third-order valence-electron chi connectivity index (χ3n) is 3.20. The first kappa shape index (κ1) is 13.2. The second-order valence-corrected chi connectivity index (χ2v) is 4.55. The Morgan fingerprint density at radius 2 is 2.05 bits per heavy atom. The molecule has 0 unspecified atom stereocenters. The van der Waals surface area contributed by atoms with E-state index in [0.29, 0.717) is 23.8 Å². The molecule has 0 bridgehead atoms. The number of aromatic amines is 1. The molecule has 108 valence electrons. The van der Waals surface area contributed by atoms with Crippen LogP contribution in [0.5, 0.6) is 5.75 Å². The number of nitrogens with two attached hydrogens (primary N) is 1. The number of hydrogen-bond acceptors (Lipinski definition) is 5. The van der Waals surface area contributed by atoms with Crippen molar-refractivity contribution in [2.24, 2.45) is 7.05 Å². The van der Waals surface area contributed by atoms with Crippen molar-refractivity contribution in [1.29, 1.82) is 0 Å². The average Bonchev–Trinajstić information content (AvgIpc) is 3.10. The van der Waals surface area contributed by atoms with Crippen LogP contribution in [0.15, 0.2) is 30.5 Å². The first-order valence-corrected chi connectivity index (χ1v) is 6.62. The fourth-order valence-electron chi connectivity index (χ4n) is 2.20. The largest absolute Gasteiger partial charge is 0.494 e. The summed E-state index contributed by atoms with van der Waals surface area (Å²) in [6, 6.07) is 7.75. The molecule has 3 aromatic rings. The molecule has 7 nitrogen and oxygen atoms in total. The van der Waals surface area contributed by atoms with Crippen LogP contribution in [0.3, 0.4) is 0 Å². The van der Waals surface area contributed by atoms with Gasteiger partial charge in [-0.2, -0.15) is 20.5 Å². The summed E-state index contributed by atoms with van der Waals surface area (Å²) in [6.45, 7) is 2.59. The van der Waals surface area contributed by atoms with Gasteiger partial charge in [-0.25, -0.2) is 0 Å². The van der Waals surface area contributed by atoms with Gasteiger partial charge in [0.05, 0.1) is 18.4 Å². The summed E-state index contributed by atoms with van der Waals surface area (Å²) in [4.78, 5) is 0. The van der Waals surface area contributed by atoms with Gasteiger partial charge in [-0.15, -0.1) is 0 Å². The molecule has 7 heteroatoms. The Morgan fingerprint density at radius 3 is 2.67 bits per heavy atom. The van der Waals surface area contributed by atoms with E-state index in [1.807, 2.05) is 31.2 Å². The van der Waals surface area contributed by atoms with Gasteiger partial charge in [-0.1, -0.05) is 12.1 Å². The third-order valence-corrected chi connectivity index (χ3v) is 3.20. The molecule has 3 N–H and O–H groups in total. The summed E-state index contributed by atoms with van der Waals surface area (Å²) >= 11 is 0. The lowest BCUT2D eigenvalue weighted by molar-refractivity contribution is 0.340. The fraction of sp³-hybridized carbons (Fsp3) is 0.214. The standard InChI is InChI=1S/C14H16N6O/c1-3-21-10-6-4-9(5-7-10)12-13(11-8-16-19-17-11)18-20(2)14(12)15/h4-8H,3,15H2,1-2H3,(H,16,17,19). The van der Waals surface area contributed by atoms with E-state index in [4.69, 9.17) is 10.5 Å². The Labute approximate surface area is 121 Å². The molecule has 0 aliphatic rings. The topological polar surface area (TPSA) is 94.6 Å². The molecule has 0 amide bonds. The van der Waals surface area contributed by atoms with Gasteiger partial charge in [0.1, 0.15) is 23.0 Å². The van der Waals surface area contributed by atoms with Crippen LogP contribution in [0.25, 0.3) is 22.5 Å². The van der Waals surface area contributed by atoms with E-state index in [9.17, 15) is 0 Å². The lowest BCUT2D eigenvalue weighted by Gasteiger charge is -2.06. The van der Waals surface area contributed by atoms with E-state index >= 15 is 0 Å². The lowest BCUT2D eigenvalue weighted by atomic mass is 10.0. The molecule has 0 radical (unpaired) electrons. The maximum atomic E-state index is 6.15. The van der Waals surface area contributed by atoms with Crippen molar-refractivity contribution in [3.05, 3.63) is 30.5 Å². The minimum absolute atomic E-state index is 0.581. The van der Waals surface area contributed by atoms with Crippen LogP contribution in [0.1, 0.15) is 6.92 Å². The number of aromatic nitrogens is 5. The molecule has 0 spiro atoms. The van der Waals surface area contributed by atoms with E-state index in [-0.39, 0.29) is 0 Å². The minimum atomic E-state index is 0.581. The van der Waals surface area contributed by atoms with Crippen molar-refractivity contribution < 1.29 is 4.74 Å². The number of H-pyrrole nitrogens is 1. The molecule has 21 heavy (non-hydrogen) atoms. The Morgan fingerprint density at radius 1 is 1.29 bits per heavy atom. The molecule has 0 atom stereocenters. The number of nitrogen functional groups attached to an aromatic ring is 1. The van der Waals surface area contributed by atoms with Gasteiger partial charge >= 0.3 is 0 Å². The third kappa shape index (κ3) is 2.33. The van der Waals surface area contributed by atoms with Crippen LogP contribution in [0.2, 0.25) is 0 Å². The normalized spacial score (nSPS) is 10.8. The molecule has 0 fully saturated rings. The Kier molecular flexibility index (Phi) is 3.31. The number of nitrogens with one attached hydrogen (secondary N) is 1. The molecule has 1 aromatic carbocycles. The van der Waals surface area contributed by atoms with E-state index < -0.39 is 0 Å². The van der Waals surface area contributed by atoms with Gasteiger partial charge in [0, 0.05) is 7.05 Å². The zero-order valence-corrected chi connectivity index (χ0v) is 11.9. The smallest absolute Gasteiger partial charge is 0.133 e. The Balaban J connectivity index is 2.09. The highest BCUT2D eigenvalue weighted by Gasteiger charge is 2.19. The maximum absolute atomic E-state index is 6.15. The molecule has 0 saturated heterocycles. The summed E-state index contributed by atoms with van der Waals surface area (Å²) < 4.78 is 7.09. The molecule has 3 rings (SSSR count). The number of anilines is 1. The Bertz CT molecular complexity index is 730. The van der Waals surface area contributed by atoms with Crippen molar-refractivity contribution in [1.82, 2.24) is 25.2 Å². The number of rotatable bonds is 4. The summed E-state index contributed by atoms with van der Waals surface area (Å²) in [5, 5.41) is 14.9. The number of nitrogens with zero attached hydrogens (tertiary/aromatic N) is 4. The molecule has 0 aliphatic heterocycles. The summed E-state index contributed by atoms with van der Waals surface area (Å²) in [6.07, 6.45) is 1.62. The van der Waals surface area contributed by atoms with Gasteiger partial charge in [0.15, 0.2) is 0 Å². The summed E-state index contributed by atoms with van der Waals surface area (Å²) in [5.74, 6) is 1.41. The van der Waals surface area contributed by atoms with Crippen molar-refractivity contribution in [3.63, 3.8) is 0 Å². The van der Waals surface area contributed by atoms with E-state index in [2.05, 4.69) is 20.5 Å². The number of aryl methyl sites for hydroxylation is 1. The molecule has 0 aliphatic carbocycles. The van der Waals surface area contributed by atoms with Gasteiger partial charge < -0.3 is 10.5 Å². The predicted molar refractivity (Wildman–Crippen MR) is 79.6 cm³/mol. The number of benzene rings is 1. The van der Waals surface area contributed by atoms with Crippen LogP contribution >= 0.6 is 0 Å². The zero-order chi connectivity index (χ0) is 14.8. The quantitative estimate of drug-likeness (QED) is 0.762.